The van der Waals surface area contributed by atoms with Gasteiger partial charge < -0.3 is 14.8 Å². The predicted molar refractivity (Wildman–Crippen MR) is 99.5 cm³/mol. The van der Waals surface area contributed by atoms with Crippen LogP contribution in [0.15, 0.2) is 41.3 Å². The first kappa shape index (κ1) is 18.7. The molecule has 0 radical (unpaired) electrons. The van der Waals surface area contributed by atoms with Crippen LogP contribution in [0.3, 0.4) is 0 Å². The zero-order valence-corrected chi connectivity index (χ0v) is 16.0. The molecule has 0 saturated carbocycles. The second kappa shape index (κ2) is 7.06. The first-order chi connectivity index (χ1) is 13.3. The van der Waals surface area contributed by atoms with E-state index in [2.05, 4.69) is 5.32 Å². The van der Waals surface area contributed by atoms with Crippen LogP contribution in [0.5, 0.6) is 11.5 Å². The highest BCUT2D eigenvalue weighted by atomic mass is 32.2. The van der Waals surface area contributed by atoms with Gasteiger partial charge >= 0.3 is 0 Å². The average molecular weight is 406 g/mol. The van der Waals surface area contributed by atoms with Crippen LogP contribution in [0.25, 0.3) is 0 Å². The number of amides is 1. The summed E-state index contributed by atoms with van der Waals surface area (Å²) in [6.07, 6.45) is 0.0830. The summed E-state index contributed by atoms with van der Waals surface area (Å²) in [5, 5.41) is 2.56. The lowest BCUT2D eigenvalue weighted by molar-refractivity contribution is -0.116. The minimum absolute atomic E-state index is 0.00390. The number of sulfonamides is 1. The molecule has 1 amide bonds. The van der Waals surface area contributed by atoms with Crippen molar-refractivity contribution in [1.82, 2.24) is 4.31 Å². The van der Waals surface area contributed by atoms with Crippen molar-refractivity contribution in [3.05, 3.63) is 47.8 Å². The second-order valence-corrected chi connectivity index (χ2v) is 8.78. The Balaban J connectivity index is 1.54. The first-order valence-electron chi connectivity index (χ1n) is 8.81. The van der Waals surface area contributed by atoms with Crippen LogP contribution < -0.4 is 14.8 Å². The largest absolute Gasteiger partial charge is 0.486 e. The number of rotatable bonds is 4. The Morgan fingerprint density at radius 3 is 2.75 bits per heavy atom. The second-order valence-electron chi connectivity index (χ2n) is 6.77. The van der Waals surface area contributed by atoms with E-state index in [4.69, 9.17) is 9.47 Å². The lowest BCUT2D eigenvalue weighted by atomic mass is 10.0. The fourth-order valence-electron chi connectivity index (χ4n) is 3.28. The number of aryl methyl sites for hydroxylation is 1. The van der Waals surface area contributed by atoms with Crippen LogP contribution in [-0.2, 0) is 21.2 Å². The lowest BCUT2D eigenvalue weighted by Gasteiger charge is -2.29. The van der Waals surface area contributed by atoms with Crippen LogP contribution >= 0.6 is 0 Å². The van der Waals surface area contributed by atoms with Crippen molar-refractivity contribution in [2.24, 2.45) is 0 Å². The number of nitrogens with one attached hydrogen (secondary N) is 1. The Bertz CT molecular complexity index is 1040. The van der Waals surface area contributed by atoms with Crippen molar-refractivity contribution in [3.8, 4) is 11.5 Å². The number of fused-ring (bicyclic) bond motifs is 2. The maximum atomic E-state index is 14.5. The number of para-hydroxylation sites is 2. The van der Waals surface area contributed by atoms with Gasteiger partial charge in [0.2, 0.25) is 15.9 Å². The number of likely N-dealkylation sites (N-methyl/N-ethyl adjacent to an activating group) is 1. The molecule has 4 rings (SSSR count). The molecular formula is C19H19FN2O5S. The van der Waals surface area contributed by atoms with Gasteiger partial charge in [-0.05, 0) is 36.2 Å². The van der Waals surface area contributed by atoms with E-state index in [1.165, 1.54) is 13.1 Å². The van der Waals surface area contributed by atoms with Crippen LogP contribution in [0, 0.1) is 5.82 Å². The Kier molecular flexibility index (Phi) is 4.72. The van der Waals surface area contributed by atoms with Gasteiger partial charge in [0.1, 0.15) is 23.4 Å². The molecule has 1 atom stereocenters. The number of hydrogen-bond acceptors (Lipinski definition) is 5. The Morgan fingerprint density at radius 1 is 1.21 bits per heavy atom. The van der Waals surface area contributed by atoms with Gasteiger partial charge in [-0.1, -0.05) is 12.1 Å². The van der Waals surface area contributed by atoms with Crippen molar-refractivity contribution < 1.29 is 27.1 Å². The molecule has 7 nitrogen and oxygen atoms in total. The van der Waals surface area contributed by atoms with Gasteiger partial charge in [0, 0.05) is 19.2 Å². The molecule has 2 heterocycles. The van der Waals surface area contributed by atoms with Crippen molar-refractivity contribution in [2.45, 2.75) is 23.8 Å². The van der Waals surface area contributed by atoms with E-state index in [1.54, 1.807) is 18.2 Å². The van der Waals surface area contributed by atoms with E-state index in [0.29, 0.717) is 29.2 Å². The summed E-state index contributed by atoms with van der Waals surface area (Å²) in [5.74, 6) is 0.0283. The van der Waals surface area contributed by atoms with Crippen molar-refractivity contribution in [2.75, 3.05) is 25.5 Å². The van der Waals surface area contributed by atoms with E-state index >= 15 is 0 Å². The molecule has 2 aliphatic rings. The third kappa shape index (κ3) is 3.43. The average Bonchev–Trinajstić information content (AvgIpc) is 2.67. The van der Waals surface area contributed by atoms with Gasteiger partial charge in [-0.25, -0.2) is 12.8 Å². The normalized spacial score (nSPS) is 18.5. The van der Waals surface area contributed by atoms with Crippen LogP contribution in [0.4, 0.5) is 10.1 Å². The molecule has 2 aromatic carbocycles. The minimum Gasteiger partial charge on any atom is -0.486 e. The molecular weight excluding hydrogens is 387 g/mol. The molecule has 1 N–H and O–H groups in total. The topological polar surface area (TPSA) is 84.9 Å². The summed E-state index contributed by atoms with van der Waals surface area (Å²) in [5.41, 5.74) is 0.912. The molecule has 1 unspecified atom stereocenters. The molecule has 28 heavy (non-hydrogen) atoms. The molecule has 0 aromatic heterocycles. The molecule has 0 fully saturated rings. The minimum atomic E-state index is -4.08. The number of halogens is 1. The number of ether oxygens (including phenoxy) is 2. The van der Waals surface area contributed by atoms with Crippen molar-refractivity contribution in [3.63, 3.8) is 0 Å². The molecule has 9 heteroatoms. The summed E-state index contributed by atoms with van der Waals surface area (Å²) in [6, 6.07) is 9.49. The standard InChI is InChI=1S/C19H19FN2O5S/c1-22(10-13-11-26-16-4-2-3-5-17(16)27-13)28(24,25)18-8-12-6-7-19(23)21-15(12)9-14(18)20/h2-5,8-9,13H,6-7,10-11H2,1H3,(H,21,23). The van der Waals surface area contributed by atoms with Crippen LogP contribution in [0.2, 0.25) is 0 Å². The highest BCUT2D eigenvalue weighted by molar-refractivity contribution is 7.89. The van der Waals surface area contributed by atoms with Crippen molar-refractivity contribution in [1.29, 1.82) is 0 Å². The highest BCUT2D eigenvalue weighted by Crippen LogP contribution is 2.32. The first-order valence-corrected chi connectivity index (χ1v) is 10.3. The molecule has 148 valence electrons. The highest BCUT2D eigenvalue weighted by Gasteiger charge is 2.31. The number of anilines is 1. The predicted octanol–water partition coefficient (Wildman–Crippen LogP) is 2.17. The zero-order chi connectivity index (χ0) is 19.9. The number of carbonyl (C=O) groups is 1. The third-order valence-corrected chi connectivity index (χ3v) is 6.61. The van der Waals surface area contributed by atoms with E-state index in [0.717, 1.165) is 10.4 Å². The lowest BCUT2D eigenvalue weighted by Crippen LogP contribution is -2.42. The fourth-order valence-corrected chi connectivity index (χ4v) is 4.58. The maximum absolute atomic E-state index is 14.5. The summed E-state index contributed by atoms with van der Waals surface area (Å²) in [7, 11) is -2.71. The van der Waals surface area contributed by atoms with Crippen LogP contribution in [0.1, 0.15) is 12.0 Å². The van der Waals surface area contributed by atoms with E-state index < -0.39 is 26.8 Å². The molecule has 0 aliphatic carbocycles. The van der Waals surface area contributed by atoms with Crippen LogP contribution in [-0.4, -0.2) is 44.9 Å². The van der Waals surface area contributed by atoms with Gasteiger partial charge in [-0.3, -0.25) is 4.79 Å². The zero-order valence-electron chi connectivity index (χ0n) is 15.1. The van der Waals surface area contributed by atoms with E-state index in [-0.39, 0.29) is 25.5 Å². The van der Waals surface area contributed by atoms with Gasteiger partial charge in [-0.2, -0.15) is 4.31 Å². The smallest absolute Gasteiger partial charge is 0.245 e. The van der Waals surface area contributed by atoms with Gasteiger partial charge in [0.15, 0.2) is 11.5 Å². The van der Waals surface area contributed by atoms with E-state index in [1.807, 2.05) is 6.07 Å². The number of hydrogen-bond donors (Lipinski definition) is 1. The quantitative estimate of drug-likeness (QED) is 0.841. The molecule has 0 spiro atoms. The third-order valence-electron chi connectivity index (χ3n) is 4.77. The Labute approximate surface area is 162 Å². The number of benzene rings is 2. The Morgan fingerprint density at radius 2 is 1.96 bits per heavy atom. The summed E-state index contributed by atoms with van der Waals surface area (Å²) >= 11 is 0. The van der Waals surface area contributed by atoms with E-state index in [9.17, 15) is 17.6 Å². The fraction of sp³-hybridized carbons (Fsp3) is 0.316. The SMILES string of the molecule is CN(CC1COc2ccccc2O1)S(=O)(=O)c1cc2c(cc1F)NC(=O)CC2. The van der Waals surface area contributed by atoms with Gasteiger partial charge in [0.25, 0.3) is 0 Å². The summed E-state index contributed by atoms with van der Waals surface area (Å²) in [6.45, 7) is 0.194. The molecule has 0 bridgehead atoms. The molecule has 2 aliphatic heterocycles. The van der Waals surface area contributed by atoms with Gasteiger partial charge in [0.05, 0.1) is 6.54 Å². The Hall–Kier alpha value is -2.65. The monoisotopic (exact) mass is 406 g/mol. The molecule has 2 aromatic rings. The van der Waals surface area contributed by atoms with Gasteiger partial charge in [-0.15, -0.1) is 0 Å². The molecule has 0 saturated heterocycles. The number of nitrogens with zero attached hydrogens (tertiary/aromatic N) is 1. The number of carbonyl (C=O) groups excluding carboxylic acids is 1. The maximum Gasteiger partial charge on any atom is 0.245 e. The summed E-state index contributed by atoms with van der Waals surface area (Å²) < 4.78 is 52.8. The summed E-state index contributed by atoms with van der Waals surface area (Å²) in [4.78, 5) is 11.0. The van der Waals surface area contributed by atoms with Crippen molar-refractivity contribution >= 4 is 21.6 Å².